The van der Waals surface area contributed by atoms with Gasteiger partial charge in [-0.15, -0.1) is 0 Å². The zero-order valence-electron chi connectivity index (χ0n) is 11.1. The molecule has 0 aromatic rings. The molecule has 0 aromatic carbocycles. The van der Waals surface area contributed by atoms with E-state index in [1.165, 1.54) is 4.90 Å². The highest BCUT2D eigenvalue weighted by Gasteiger charge is 2.32. The monoisotopic (exact) mass is 242 g/mol. The smallest absolute Gasteiger partial charge is 0.411 e. The summed E-state index contributed by atoms with van der Waals surface area (Å²) in [6, 6.07) is 0. The number of hydrogen-bond donors (Lipinski definition) is 1. The number of carbonyl (C=O) groups is 2. The van der Waals surface area contributed by atoms with Gasteiger partial charge in [0.15, 0.2) is 5.78 Å². The van der Waals surface area contributed by atoms with Crippen LogP contribution in [-0.2, 0) is 9.53 Å². The lowest BCUT2D eigenvalue weighted by Crippen LogP contribution is -2.58. The maximum absolute atomic E-state index is 12.0. The Morgan fingerprint density at radius 3 is 2.71 bits per heavy atom. The highest BCUT2D eigenvalue weighted by molar-refractivity contribution is 5.87. The number of ether oxygens (including phenoxy) is 1. The summed E-state index contributed by atoms with van der Waals surface area (Å²) in [6.07, 6.45) is 1.27. The molecule has 1 aliphatic heterocycles. The SMILES string of the molecule is CCCC1NCC(=O)CN1C(=O)OC(C)(C)C. The first kappa shape index (κ1) is 14.0. The Bertz CT molecular complexity index is 297. The summed E-state index contributed by atoms with van der Waals surface area (Å²) in [5.41, 5.74) is -0.533. The molecule has 1 N–H and O–H groups in total. The molecule has 98 valence electrons. The molecule has 0 radical (unpaired) electrons. The summed E-state index contributed by atoms with van der Waals surface area (Å²) in [5.74, 6) is 0.0169. The van der Waals surface area contributed by atoms with Crippen molar-refractivity contribution in [2.45, 2.75) is 52.3 Å². The van der Waals surface area contributed by atoms with Gasteiger partial charge < -0.3 is 4.74 Å². The molecule has 1 aliphatic rings. The molecule has 0 aromatic heterocycles. The molecular formula is C12H22N2O3. The van der Waals surface area contributed by atoms with E-state index in [0.29, 0.717) is 6.54 Å². The van der Waals surface area contributed by atoms with Gasteiger partial charge in [0.05, 0.1) is 19.3 Å². The van der Waals surface area contributed by atoms with Crippen LogP contribution in [0.1, 0.15) is 40.5 Å². The van der Waals surface area contributed by atoms with Crippen LogP contribution in [0.3, 0.4) is 0 Å². The average molecular weight is 242 g/mol. The molecule has 5 nitrogen and oxygen atoms in total. The van der Waals surface area contributed by atoms with Crippen LogP contribution in [0, 0.1) is 0 Å². The molecule has 1 saturated heterocycles. The molecule has 5 heteroatoms. The minimum absolute atomic E-state index is 0.0169. The van der Waals surface area contributed by atoms with E-state index in [0.717, 1.165) is 12.8 Å². The molecule has 1 unspecified atom stereocenters. The second kappa shape index (κ2) is 5.49. The second-order valence-electron chi connectivity index (χ2n) is 5.33. The number of nitrogens with zero attached hydrogens (tertiary/aromatic N) is 1. The molecule has 0 bridgehead atoms. The van der Waals surface area contributed by atoms with Gasteiger partial charge in [-0.1, -0.05) is 13.3 Å². The van der Waals surface area contributed by atoms with Gasteiger partial charge in [-0.2, -0.15) is 0 Å². The topological polar surface area (TPSA) is 58.6 Å². The first-order valence-electron chi connectivity index (χ1n) is 6.08. The largest absolute Gasteiger partial charge is 0.444 e. The van der Waals surface area contributed by atoms with Crippen LogP contribution in [0.2, 0.25) is 0 Å². The van der Waals surface area contributed by atoms with E-state index in [-0.39, 0.29) is 18.5 Å². The number of carbonyl (C=O) groups excluding carboxylic acids is 2. The molecular weight excluding hydrogens is 220 g/mol. The third-order valence-corrected chi connectivity index (χ3v) is 2.45. The van der Waals surface area contributed by atoms with Crippen LogP contribution in [0.5, 0.6) is 0 Å². The summed E-state index contributed by atoms with van der Waals surface area (Å²) >= 11 is 0. The fraction of sp³-hybridized carbons (Fsp3) is 0.833. The van der Waals surface area contributed by atoms with Crippen molar-refractivity contribution in [3.8, 4) is 0 Å². The zero-order valence-corrected chi connectivity index (χ0v) is 11.1. The number of rotatable bonds is 2. The van der Waals surface area contributed by atoms with Gasteiger partial charge in [0.2, 0.25) is 0 Å². The van der Waals surface area contributed by atoms with E-state index >= 15 is 0 Å². The lowest BCUT2D eigenvalue weighted by Gasteiger charge is -2.36. The molecule has 1 heterocycles. The Labute approximate surface area is 102 Å². The normalized spacial score (nSPS) is 21.5. The molecule has 1 fully saturated rings. The predicted molar refractivity (Wildman–Crippen MR) is 64.6 cm³/mol. The minimum atomic E-state index is -0.533. The van der Waals surface area contributed by atoms with Crippen LogP contribution < -0.4 is 5.32 Å². The van der Waals surface area contributed by atoms with Crippen LogP contribution in [0.25, 0.3) is 0 Å². The highest BCUT2D eigenvalue weighted by atomic mass is 16.6. The number of Topliss-reactive ketones (excluding diaryl/α,β-unsaturated/α-hetero) is 1. The van der Waals surface area contributed by atoms with Crippen LogP contribution >= 0.6 is 0 Å². The first-order chi connectivity index (χ1) is 7.83. The fourth-order valence-corrected chi connectivity index (χ4v) is 1.74. The van der Waals surface area contributed by atoms with E-state index in [1.807, 2.05) is 27.7 Å². The van der Waals surface area contributed by atoms with Gasteiger partial charge in [0.25, 0.3) is 0 Å². The molecule has 0 aliphatic carbocycles. The van der Waals surface area contributed by atoms with Gasteiger partial charge >= 0.3 is 6.09 Å². The van der Waals surface area contributed by atoms with Gasteiger partial charge in [-0.25, -0.2) is 4.79 Å². The van der Waals surface area contributed by atoms with Crippen molar-refractivity contribution in [3.63, 3.8) is 0 Å². The molecule has 1 rings (SSSR count). The van der Waals surface area contributed by atoms with Crippen LogP contribution in [0.15, 0.2) is 0 Å². The Balaban J connectivity index is 2.68. The van der Waals surface area contributed by atoms with Crippen molar-refractivity contribution in [1.29, 1.82) is 0 Å². The summed E-state index contributed by atoms with van der Waals surface area (Å²) < 4.78 is 5.30. The standard InChI is InChI=1S/C12H22N2O3/c1-5-6-10-13-7-9(15)8-14(10)11(16)17-12(2,3)4/h10,13H,5-8H2,1-4H3. The quantitative estimate of drug-likeness (QED) is 0.797. The molecule has 17 heavy (non-hydrogen) atoms. The van der Waals surface area contributed by atoms with Crippen molar-refractivity contribution in [2.75, 3.05) is 13.1 Å². The van der Waals surface area contributed by atoms with Gasteiger partial charge in [0, 0.05) is 0 Å². The lowest BCUT2D eigenvalue weighted by molar-refractivity contribution is -0.123. The number of amides is 1. The van der Waals surface area contributed by atoms with Crippen LogP contribution in [0.4, 0.5) is 4.79 Å². The third-order valence-electron chi connectivity index (χ3n) is 2.45. The predicted octanol–water partition coefficient (Wildman–Crippen LogP) is 1.52. The van der Waals surface area contributed by atoms with Gasteiger partial charge in [-0.3, -0.25) is 15.0 Å². The van der Waals surface area contributed by atoms with E-state index in [1.54, 1.807) is 0 Å². The van der Waals surface area contributed by atoms with E-state index < -0.39 is 11.7 Å². The Kier molecular flexibility index (Phi) is 4.51. The van der Waals surface area contributed by atoms with Crippen molar-refractivity contribution in [2.24, 2.45) is 0 Å². The Hall–Kier alpha value is -1.10. The molecule has 0 spiro atoms. The van der Waals surface area contributed by atoms with Crippen LogP contribution in [-0.4, -0.2) is 41.6 Å². The summed E-state index contributed by atoms with van der Waals surface area (Å²) in [4.78, 5) is 24.8. The number of nitrogens with one attached hydrogen (secondary N) is 1. The average Bonchev–Trinajstić information content (AvgIpc) is 2.18. The number of ketones is 1. The minimum Gasteiger partial charge on any atom is -0.444 e. The van der Waals surface area contributed by atoms with Crippen molar-refractivity contribution in [3.05, 3.63) is 0 Å². The van der Waals surface area contributed by atoms with Gasteiger partial charge in [-0.05, 0) is 27.2 Å². The van der Waals surface area contributed by atoms with Crippen molar-refractivity contribution in [1.82, 2.24) is 10.2 Å². The first-order valence-corrected chi connectivity index (χ1v) is 6.08. The Morgan fingerprint density at radius 2 is 2.18 bits per heavy atom. The lowest BCUT2D eigenvalue weighted by atomic mass is 10.1. The van der Waals surface area contributed by atoms with Crippen molar-refractivity contribution >= 4 is 11.9 Å². The maximum atomic E-state index is 12.0. The summed E-state index contributed by atoms with van der Waals surface area (Å²) in [6.45, 7) is 7.98. The maximum Gasteiger partial charge on any atom is 0.411 e. The zero-order chi connectivity index (χ0) is 13.1. The fourth-order valence-electron chi connectivity index (χ4n) is 1.74. The van der Waals surface area contributed by atoms with E-state index in [4.69, 9.17) is 4.74 Å². The summed E-state index contributed by atoms with van der Waals surface area (Å²) in [7, 11) is 0. The molecule has 1 atom stereocenters. The van der Waals surface area contributed by atoms with E-state index in [9.17, 15) is 9.59 Å². The Morgan fingerprint density at radius 1 is 1.53 bits per heavy atom. The number of hydrogen-bond acceptors (Lipinski definition) is 4. The second-order valence-corrected chi connectivity index (χ2v) is 5.33. The van der Waals surface area contributed by atoms with Gasteiger partial charge in [0.1, 0.15) is 5.60 Å². The third kappa shape index (κ3) is 4.34. The summed E-state index contributed by atoms with van der Waals surface area (Å²) in [5, 5.41) is 3.06. The van der Waals surface area contributed by atoms with Crippen molar-refractivity contribution < 1.29 is 14.3 Å². The molecule has 0 saturated carbocycles. The highest BCUT2D eigenvalue weighted by Crippen LogP contribution is 2.15. The molecule has 1 amide bonds. The van der Waals surface area contributed by atoms with E-state index in [2.05, 4.69) is 5.32 Å².